The van der Waals surface area contributed by atoms with Crippen LogP contribution in [0, 0.1) is 5.41 Å². The molecule has 2 aromatic rings. The third kappa shape index (κ3) is 2.69. The van der Waals surface area contributed by atoms with Gasteiger partial charge in [0.15, 0.2) is 0 Å². The molecule has 0 spiro atoms. The minimum atomic E-state index is -0.930. The van der Waals surface area contributed by atoms with Crippen molar-refractivity contribution < 1.29 is 5.11 Å². The molecule has 0 unspecified atom stereocenters. The second-order valence-corrected chi connectivity index (χ2v) is 6.99. The topological polar surface area (TPSA) is 50.9 Å². The maximum absolute atomic E-state index is 11.4. The van der Waals surface area contributed by atoms with E-state index in [1.807, 2.05) is 24.3 Å². The summed E-state index contributed by atoms with van der Waals surface area (Å²) in [4.78, 5) is 3.97. The molecule has 1 aliphatic carbocycles. The lowest BCUT2D eigenvalue weighted by atomic mass is 9.76. The molecule has 1 aromatic heterocycles. The summed E-state index contributed by atoms with van der Waals surface area (Å²) in [6, 6.07) is 7.67. The largest absolute Gasteiger partial charge is 0.383 e. The zero-order valence-electron chi connectivity index (χ0n) is 12.8. The van der Waals surface area contributed by atoms with Crippen molar-refractivity contribution in [3.8, 4) is 0 Å². The van der Waals surface area contributed by atoms with Crippen LogP contribution in [0.1, 0.15) is 32.3 Å². The van der Waals surface area contributed by atoms with Gasteiger partial charge in [0.25, 0.3) is 0 Å². The van der Waals surface area contributed by atoms with E-state index >= 15 is 0 Å². The van der Waals surface area contributed by atoms with E-state index in [0.717, 1.165) is 24.0 Å². The van der Waals surface area contributed by atoms with Crippen molar-refractivity contribution in [1.82, 2.24) is 14.8 Å². The first-order chi connectivity index (χ1) is 10.4. The summed E-state index contributed by atoms with van der Waals surface area (Å²) >= 11 is 5.94. The van der Waals surface area contributed by atoms with E-state index in [9.17, 15) is 5.11 Å². The molecule has 4 nitrogen and oxygen atoms in total. The van der Waals surface area contributed by atoms with Crippen LogP contribution < -0.4 is 0 Å². The number of halogens is 1. The van der Waals surface area contributed by atoms with Crippen LogP contribution in [0.3, 0.4) is 0 Å². The van der Waals surface area contributed by atoms with Crippen molar-refractivity contribution in [1.29, 1.82) is 0 Å². The van der Waals surface area contributed by atoms with Crippen molar-refractivity contribution in [2.45, 2.75) is 38.8 Å². The number of benzene rings is 1. The second kappa shape index (κ2) is 5.52. The Morgan fingerprint density at radius 1 is 1.32 bits per heavy atom. The second-order valence-electron chi connectivity index (χ2n) is 6.56. The molecule has 1 N–H and O–H groups in total. The van der Waals surface area contributed by atoms with Gasteiger partial charge in [0.2, 0.25) is 0 Å². The lowest BCUT2D eigenvalue weighted by Crippen LogP contribution is -2.45. The first-order valence-corrected chi connectivity index (χ1v) is 7.80. The number of hydrogen-bond acceptors (Lipinski definition) is 3. The molecule has 116 valence electrons. The molecule has 22 heavy (non-hydrogen) atoms. The maximum Gasteiger partial charge on any atom is 0.137 e. The minimum absolute atomic E-state index is 0.211. The van der Waals surface area contributed by atoms with Crippen LogP contribution in [0.25, 0.3) is 6.08 Å². The molecule has 0 aliphatic heterocycles. The van der Waals surface area contributed by atoms with Gasteiger partial charge in [-0.05, 0) is 41.5 Å². The zero-order valence-corrected chi connectivity index (χ0v) is 13.6. The summed E-state index contributed by atoms with van der Waals surface area (Å²) in [6.45, 7) is 4.62. The van der Waals surface area contributed by atoms with Gasteiger partial charge in [-0.1, -0.05) is 43.7 Å². The van der Waals surface area contributed by atoms with Gasteiger partial charge in [-0.2, -0.15) is 5.10 Å². The molecular weight excluding hydrogens is 298 g/mol. The first-order valence-electron chi connectivity index (χ1n) is 7.42. The van der Waals surface area contributed by atoms with Crippen molar-refractivity contribution in [3.63, 3.8) is 0 Å². The van der Waals surface area contributed by atoms with Crippen molar-refractivity contribution in [2.75, 3.05) is 0 Å². The fourth-order valence-electron chi connectivity index (χ4n) is 3.11. The third-order valence-corrected chi connectivity index (χ3v) is 4.99. The number of nitrogens with zero attached hydrogens (tertiary/aromatic N) is 3. The zero-order chi connectivity index (χ0) is 15.8. The van der Waals surface area contributed by atoms with Crippen molar-refractivity contribution >= 4 is 17.7 Å². The predicted molar refractivity (Wildman–Crippen MR) is 87.4 cm³/mol. The predicted octanol–water partition coefficient (Wildman–Crippen LogP) is 3.57. The van der Waals surface area contributed by atoms with Gasteiger partial charge in [-0.25, -0.2) is 9.67 Å². The number of rotatable bonds is 3. The van der Waals surface area contributed by atoms with E-state index in [-0.39, 0.29) is 5.41 Å². The van der Waals surface area contributed by atoms with Gasteiger partial charge in [0.05, 0.1) is 6.54 Å². The number of aliphatic hydroxyl groups is 1. The van der Waals surface area contributed by atoms with Gasteiger partial charge in [-0.3, -0.25) is 0 Å². The highest BCUT2D eigenvalue weighted by atomic mass is 35.5. The lowest BCUT2D eigenvalue weighted by Gasteiger charge is -2.37. The Bertz CT molecular complexity index is 676. The summed E-state index contributed by atoms with van der Waals surface area (Å²) in [5.74, 6) is 0. The smallest absolute Gasteiger partial charge is 0.137 e. The van der Waals surface area contributed by atoms with Crippen LogP contribution in [0.5, 0.6) is 0 Å². The fourth-order valence-corrected chi connectivity index (χ4v) is 3.24. The molecule has 1 fully saturated rings. The van der Waals surface area contributed by atoms with E-state index in [1.54, 1.807) is 11.0 Å². The molecule has 5 heteroatoms. The monoisotopic (exact) mass is 317 g/mol. The SMILES string of the molecule is CC1(C)CC/C(=C\c2ccc(Cl)cc2)[C@@]1(O)Cn1cncn1. The van der Waals surface area contributed by atoms with Gasteiger partial charge < -0.3 is 5.11 Å². The molecule has 0 radical (unpaired) electrons. The van der Waals surface area contributed by atoms with Crippen LogP contribution in [0.15, 0.2) is 42.5 Å². The lowest BCUT2D eigenvalue weighted by molar-refractivity contribution is -0.0298. The van der Waals surface area contributed by atoms with E-state index in [4.69, 9.17) is 11.6 Å². The maximum atomic E-state index is 11.4. The van der Waals surface area contributed by atoms with Crippen LogP contribution in [-0.4, -0.2) is 25.5 Å². The molecule has 1 heterocycles. The molecular formula is C17H20ClN3O. The highest BCUT2D eigenvalue weighted by Gasteiger charge is 2.51. The molecule has 1 aliphatic rings. The number of hydrogen-bond donors (Lipinski definition) is 1. The van der Waals surface area contributed by atoms with Gasteiger partial charge in [0.1, 0.15) is 18.3 Å². The molecule has 1 aromatic carbocycles. The Kier molecular flexibility index (Phi) is 3.83. The summed E-state index contributed by atoms with van der Waals surface area (Å²) in [6.07, 6.45) is 7.03. The molecule has 0 bridgehead atoms. The van der Waals surface area contributed by atoms with Crippen LogP contribution in [0.4, 0.5) is 0 Å². The van der Waals surface area contributed by atoms with E-state index in [2.05, 4.69) is 30.0 Å². The Morgan fingerprint density at radius 2 is 2.05 bits per heavy atom. The highest BCUT2D eigenvalue weighted by molar-refractivity contribution is 6.30. The highest BCUT2D eigenvalue weighted by Crippen LogP contribution is 2.50. The normalized spacial score (nSPS) is 25.7. The first kappa shape index (κ1) is 15.3. The fraction of sp³-hybridized carbons (Fsp3) is 0.412. The summed E-state index contributed by atoms with van der Waals surface area (Å²) in [7, 11) is 0. The van der Waals surface area contributed by atoms with Crippen molar-refractivity contribution in [3.05, 3.63) is 53.1 Å². The molecule has 0 amide bonds. The van der Waals surface area contributed by atoms with Crippen molar-refractivity contribution in [2.24, 2.45) is 5.41 Å². The van der Waals surface area contributed by atoms with Gasteiger partial charge in [0, 0.05) is 5.02 Å². The molecule has 1 saturated carbocycles. The Morgan fingerprint density at radius 3 is 2.68 bits per heavy atom. The summed E-state index contributed by atoms with van der Waals surface area (Å²) in [5, 5.41) is 16.2. The van der Waals surface area contributed by atoms with Crippen LogP contribution in [-0.2, 0) is 6.54 Å². The quantitative estimate of drug-likeness (QED) is 0.941. The Balaban J connectivity index is 1.97. The summed E-state index contributed by atoms with van der Waals surface area (Å²) in [5.41, 5.74) is 0.946. The third-order valence-electron chi connectivity index (χ3n) is 4.74. The van der Waals surface area contributed by atoms with E-state index < -0.39 is 5.60 Å². The Labute approximate surface area is 135 Å². The van der Waals surface area contributed by atoms with Crippen LogP contribution >= 0.6 is 11.6 Å². The molecule has 3 rings (SSSR count). The average molecular weight is 318 g/mol. The van der Waals surface area contributed by atoms with Gasteiger partial charge >= 0.3 is 0 Å². The number of aromatic nitrogens is 3. The van der Waals surface area contributed by atoms with Crippen LogP contribution in [0.2, 0.25) is 5.02 Å². The average Bonchev–Trinajstić information content (AvgIpc) is 3.04. The van der Waals surface area contributed by atoms with E-state index in [1.165, 1.54) is 6.33 Å². The van der Waals surface area contributed by atoms with E-state index in [0.29, 0.717) is 11.6 Å². The Hall–Kier alpha value is -1.65. The van der Waals surface area contributed by atoms with Gasteiger partial charge in [-0.15, -0.1) is 0 Å². The minimum Gasteiger partial charge on any atom is -0.383 e. The standard InChI is InChI=1S/C17H20ClN3O/c1-16(2)8-7-14(9-13-3-5-15(18)6-4-13)17(16,22)10-21-12-19-11-20-21/h3-6,9,11-12,22H,7-8,10H2,1-2H3/b14-9+/t17-/m0/s1. The summed E-state index contributed by atoms with van der Waals surface area (Å²) < 4.78 is 1.70. The molecule has 1 atom stereocenters. The molecule has 0 saturated heterocycles.